The van der Waals surface area contributed by atoms with Crippen LogP contribution in [0.4, 0.5) is 5.95 Å². The first-order chi connectivity index (χ1) is 17.1. The average molecular weight is 470 g/mol. The number of hydrogen-bond acceptors (Lipinski definition) is 7. The molecule has 0 bridgehead atoms. The van der Waals surface area contributed by atoms with Crippen LogP contribution in [0, 0.1) is 11.8 Å². The lowest BCUT2D eigenvalue weighted by Crippen LogP contribution is -2.44. The van der Waals surface area contributed by atoms with Gasteiger partial charge in [0.1, 0.15) is 0 Å². The molecule has 0 radical (unpaired) electrons. The van der Waals surface area contributed by atoms with Crippen molar-refractivity contribution in [3.63, 3.8) is 0 Å². The van der Waals surface area contributed by atoms with Crippen LogP contribution in [0.1, 0.15) is 36.1 Å². The van der Waals surface area contributed by atoms with E-state index in [1.54, 1.807) is 11.5 Å². The molecule has 4 aromatic rings. The molecular formula is C26H27N7O2. The van der Waals surface area contributed by atoms with E-state index in [9.17, 15) is 10.0 Å². The van der Waals surface area contributed by atoms with Gasteiger partial charge in [-0.15, -0.1) is 16.1 Å². The van der Waals surface area contributed by atoms with Gasteiger partial charge in [0, 0.05) is 29.9 Å². The first kappa shape index (κ1) is 22.8. The zero-order valence-electron chi connectivity index (χ0n) is 19.6. The Morgan fingerprint density at radius 1 is 1.14 bits per heavy atom. The quantitative estimate of drug-likeness (QED) is 0.200. The molecule has 35 heavy (non-hydrogen) atoms. The highest BCUT2D eigenvalue weighted by molar-refractivity contribution is 6.06. The molecule has 3 heterocycles. The van der Waals surface area contributed by atoms with E-state index in [-0.39, 0.29) is 25.0 Å². The Morgan fingerprint density at radius 3 is 2.66 bits per heavy atom. The van der Waals surface area contributed by atoms with E-state index in [0.29, 0.717) is 23.3 Å². The highest BCUT2D eigenvalue weighted by Crippen LogP contribution is 2.27. The van der Waals surface area contributed by atoms with Gasteiger partial charge >= 0.3 is 5.91 Å². The molecule has 2 aromatic carbocycles. The van der Waals surface area contributed by atoms with Crippen molar-refractivity contribution in [2.75, 3.05) is 18.0 Å². The van der Waals surface area contributed by atoms with Gasteiger partial charge in [-0.05, 0) is 31.2 Å². The molecular weight excluding hydrogens is 442 g/mol. The number of anilines is 1. The van der Waals surface area contributed by atoms with Crippen molar-refractivity contribution >= 4 is 33.5 Å². The van der Waals surface area contributed by atoms with E-state index < -0.39 is 5.91 Å². The van der Waals surface area contributed by atoms with Crippen LogP contribution in [0.15, 0.2) is 48.5 Å². The van der Waals surface area contributed by atoms with Gasteiger partial charge in [-0.25, -0.2) is 5.06 Å². The second kappa shape index (κ2) is 9.70. The Morgan fingerprint density at radius 2 is 1.89 bits per heavy atom. The van der Waals surface area contributed by atoms with Gasteiger partial charge in [0.05, 0.1) is 24.3 Å². The van der Waals surface area contributed by atoms with Gasteiger partial charge in [0.15, 0.2) is 0 Å². The van der Waals surface area contributed by atoms with Gasteiger partial charge in [-0.2, -0.15) is 0 Å². The van der Waals surface area contributed by atoms with E-state index in [4.69, 9.17) is 10.7 Å². The van der Waals surface area contributed by atoms with Crippen molar-refractivity contribution in [2.45, 2.75) is 38.9 Å². The Hall–Kier alpha value is -4.00. The Bertz CT molecular complexity index is 1450. The summed E-state index contributed by atoms with van der Waals surface area (Å²) in [5.41, 5.74) is 7.54. The normalized spacial score (nSPS) is 15.7. The minimum atomic E-state index is -0.665. The summed E-state index contributed by atoms with van der Waals surface area (Å²) < 4.78 is 1.64. The first-order valence-corrected chi connectivity index (χ1v) is 11.7. The molecule has 2 aromatic heterocycles. The lowest BCUT2D eigenvalue weighted by molar-refractivity contribution is -0.0663. The van der Waals surface area contributed by atoms with Gasteiger partial charge in [0.2, 0.25) is 11.8 Å². The number of carbonyl (C=O) groups is 1. The molecule has 1 aliphatic rings. The summed E-state index contributed by atoms with van der Waals surface area (Å²) in [6.07, 6.45) is 1.88. The Labute approximate surface area is 203 Å². The van der Waals surface area contributed by atoms with Crippen molar-refractivity contribution < 1.29 is 10.0 Å². The number of carbonyl (C=O) groups excluding carboxylic acids is 1. The van der Waals surface area contributed by atoms with Crippen molar-refractivity contribution in [1.29, 1.82) is 0 Å². The number of para-hydroxylation sites is 1. The number of piperidine rings is 1. The number of fused-ring (bicyclic) bond motifs is 3. The second-order valence-corrected chi connectivity index (χ2v) is 8.67. The Kier molecular flexibility index (Phi) is 6.31. The van der Waals surface area contributed by atoms with E-state index in [1.165, 1.54) is 0 Å². The van der Waals surface area contributed by atoms with E-state index in [0.717, 1.165) is 41.1 Å². The van der Waals surface area contributed by atoms with Crippen LogP contribution in [-0.4, -0.2) is 55.1 Å². The van der Waals surface area contributed by atoms with Crippen LogP contribution in [-0.2, 0) is 13.1 Å². The third kappa shape index (κ3) is 4.41. The molecule has 1 amide bonds. The number of pyridine rings is 1. The highest BCUT2D eigenvalue weighted by Gasteiger charge is 2.28. The van der Waals surface area contributed by atoms with Gasteiger partial charge < -0.3 is 10.6 Å². The first-order valence-electron chi connectivity index (χ1n) is 11.7. The van der Waals surface area contributed by atoms with Crippen LogP contribution in [0.3, 0.4) is 0 Å². The van der Waals surface area contributed by atoms with Gasteiger partial charge in [-0.1, -0.05) is 48.4 Å². The number of benzene rings is 2. The number of hydrogen-bond donors (Lipinski definition) is 2. The topological polar surface area (TPSA) is 113 Å². The third-order valence-corrected chi connectivity index (χ3v) is 6.30. The predicted octanol–water partition coefficient (Wildman–Crippen LogP) is 2.96. The maximum absolute atomic E-state index is 13.3. The fraction of sp³-hybridized carbons (Fsp3) is 0.308. The third-order valence-electron chi connectivity index (χ3n) is 6.30. The summed E-state index contributed by atoms with van der Waals surface area (Å²) in [6, 6.07) is 15.7. The number of amides is 1. The molecule has 1 fully saturated rings. The maximum atomic E-state index is 13.3. The molecule has 3 N–H and O–H groups in total. The summed E-state index contributed by atoms with van der Waals surface area (Å²) >= 11 is 0. The fourth-order valence-corrected chi connectivity index (χ4v) is 4.61. The number of nitrogens with zero attached hydrogens (tertiary/aromatic N) is 6. The van der Waals surface area contributed by atoms with Crippen molar-refractivity contribution in [3.8, 4) is 11.8 Å². The maximum Gasteiger partial charge on any atom is 0.315 e. The van der Waals surface area contributed by atoms with Gasteiger partial charge in [0.25, 0.3) is 0 Å². The molecule has 0 spiro atoms. The lowest BCUT2D eigenvalue weighted by atomic mass is 10.0. The second-order valence-electron chi connectivity index (χ2n) is 8.67. The monoisotopic (exact) mass is 469 g/mol. The number of rotatable bonds is 5. The minimum Gasteiger partial charge on any atom is -0.339 e. The Balaban J connectivity index is 1.48. The molecule has 0 aliphatic carbocycles. The molecule has 1 atom stereocenters. The highest BCUT2D eigenvalue weighted by atomic mass is 16.5. The van der Waals surface area contributed by atoms with Crippen LogP contribution in [0.25, 0.3) is 21.7 Å². The molecule has 1 unspecified atom stereocenters. The summed E-state index contributed by atoms with van der Waals surface area (Å²) in [5.74, 6) is 5.72. The molecule has 1 aliphatic heterocycles. The number of hydroxylamine groups is 2. The predicted molar refractivity (Wildman–Crippen MR) is 134 cm³/mol. The van der Waals surface area contributed by atoms with Crippen molar-refractivity contribution in [3.05, 3.63) is 60.0 Å². The van der Waals surface area contributed by atoms with Crippen molar-refractivity contribution in [2.24, 2.45) is 5.73 Å². The molecule has 9 heteroatoms. The zero-order valence-corrected chi connectivity index (χ0v) is 19.6. The standard InChI is InChI=1S/C26H27N7O2/c1-2-3-15-32-24(29-30-26(32)31-14-8-9-18(27)16-31)25(34)33(35)17-23-21-12-5-4-10-19(21)20-11-6-7-13-22(20)28-23/h4-7,10-13,18,35H,8-9,14-17,27H2,1H3. The van der Waals surface area contributed by atoms with Crippen molar-refractivity contribution in [1.82, 2.24) is 24.8 Å². The number of aromatic nitrogens is 4. The van der Waals surface area contributed by atoms with Crippen LogP contribution in [0.5, 0.6) is 0 Å². The van der Waals surface area contributed by atoms with E-state index >= 15 is 0 Å². The zero-order chi connectivity index (χ0) is 24.4. The molecule has 5 rings (SSSR count). The minimum absolute atomic E-state index is 0.0227. The molecule has 0 saturated carbocycles. The average Bonchev–Trinajstić information content (AvgIpc) is 3.31. The summed E-state index contributed by atoms with van der Waals surface area (Å²) in [7, 11) is 0. The lowest BCUT2D eigenvalue weighted by Gasteiger charge is -2.31. The number of nitrogens with two attached hydrogens (primary N) is 1. The summed E-state index contributed by atoms with van der Waals surface area (Å²) in [6.45, 7) is 3.27. The summed E-state index contributed by atoms with van der Waals surface area (Å²) in [5, 5.41) is 22.8. The largest absolute Gasteiger partial charge is 0.339 e. The fourth-order valence-electron chi connectivity index (χ4n) is 4.61. The summed E-state index contributed by atoms with van der Waals surface area (Å²) in [4.78, 5) is 20.1. The smallest absolute Gasteiger partial charge is 0.315 e. The van der Waals surface area contributed by atoms with Gasteiger partial charge in [-0.3, -0.25) is 19.6 Å². The molecule has 178 valence electrons. The van der Waals surface area contributed by atoms with Crippen LogP contribution in [0.2, 0.25) is 0 Å². The van der Waals surface area contributed by atoms with Crippen LogP contribution < -0.4 is 10.6 Å². The molecule has 9 nitrogen and oxygen atoms in total. The van der Waals surface area contributed by atoms with Crippen LogP contribution >= 0.6 is 0 Å². The SMILES string of the molecule is CC#CCn1c(C(=O)N(O)Cc2nc3ccccc3c3ccccc23)nnc1N1CCCC(N)C1. The van der Waals surface area contributed by atoms with E-state index in [1.807, 2.05) is 53.4 Å². The van der Waals surface area contributed by atoms with E-state index in [2.05, 4.69) is 22.0 Å². The molecule has 1 saturated heterocycles.